The lowest BCUT2D eigenvalue weighted by Crippen LogP contribution is -2.74. The topological polar surface area (TPSA) is 105 Å². The maximum atomic E-state index is 13.4. The van der Waals surface area contributed by atoms with Gasteiger partial charge in [0, 0.05) is 24.3 Å². The van der Waals surface area contributed by atoms with E-state index in [-0.39, 0.29) is 18.7 Å². The van der Waals surface area contributed by atoms with E-state index >= 15 is 0 Å². The number of alkyl halides is 20. The summed E-state index contributed by atoms with van der Waals surface area (Å²) in [6, 6.07) is 0.577. The highest BCUT2D eigenvalue weighted by Gasteiger charge is 2.95. The molecule has 73 heavy (non-hydrogen) atoms. The molecule has 0 atom stereocenters. The van der Waals surface area contributed by atoms with Gasteiger partial charge in [0.05, 0.1) is 13.0 Å². The van der Waals surface area contributed by atoms with E-state index in [1.807, 2.05) is 0 Å². The number of halogens is 28. The van der Waals surface area contributed by atoms with Crippen molar-refractivity contribution < 1.29 is 161 Å². The van der Waals surface area contributed by atoms with Crippen LogP contribution in [0.3, 0.4) is 0 Å². The normalized spacial score (nSPS) is 12.5. The molecule has 0 bridgehead atoms. The first-order valence-corrected chi connectivity index (χ1v) is 17.3. The zero-order valence-electron chi connectivity index (χ0n) is 34.5. The molecule has 0 heterocycles. The van der Waals surface area contributed by atoms with Crippen molar-refractivity contribution in [1.29, 1.82) is 0 Å². The molecule has 0 saturated carbocycles. The van der Waals surface area contributed by atoms with E-state index in [2.05, 4.69) is 45.3 Å². The third kappa shape index (κ3) is 15.2. The van der Waals surface area contributed by atoms with Crippen molar-refractivity contribution in [1.82, 2.24) is 0 Å². The number of hydrogen-bond acceptors (Lipinski definition) is 8. The second kappa shape index (κ2) is 25.3. The minimum atomic E-state index is -8.67. The Morgan fingerprint density at radius 3 is 1.16 bits per heavy atom. The van der Waals surface area contributed by atoms with Crippen molar-refractivity contribution in [2.45, 2.75) is 60.2 Å². The Kier molecular flexibility index (Phi) is 23.7. The van der Waals surface area contributed by atoms with Gasteiger partial charge in [0.1, 0.15) is 18.8 Å². The Morgan fingerprint density at radius 1 is 0.438 bits per heavy atom. The molecule has 0 aliphatic carbocycles. The zero-order valence-corrected chi connectivity index (χ0v) is 34.5. The van der Waals surface area contributed by atoms with Crippen LogP contribution in [0, 0.1) is 46.5 Å². The van der Waals surface area contributed by atoms with Crippen molar-refractivity contribution in [3.8, 4) is 5.75 Å². The summed E-state index contributed by atoms with van der Waals surface area (Å²) in [7, 11) is 0. The fourth-order valence-corrected chi connectivity index (χ4v) is 3.68. The van der Waals surface area contributed by atoms with E-state index < -0.39 is 155 Å². The second-order valence-corrected chi connectivity index (χ2v) is 12.2. The summed E-state index contributed by atoms with van der Waals surface area (Å²) in [6.07, 6.45) is -12.9. The summed E-state index contributed by atoms with van der Waals surface area (Å²) in [5, 5.41) is 0. The smallest absolute Gasteiger partial charge is 0.460 e. The third-order valence-corrected chi connectivity index (χ3v) is 7.39. The molecular weight excluding hydrogens is 1100 g/mol. The number of esters is 4. The highest BCUT2D eigenvalue weighted by molar-refractivity contribution is 5.83. The molecule has 0 N–H and O–H groups in total. The highest BCUT2D eigenvalue weighted by atomic mass is 19.4. The van der Waals surface area contributed by atoms with Gasteiger partial charge in [0.25, 0.3) is 0 Å². The summed E-state index contributed by atoms with van der Waals surface area (Å²) in [4.78, 5) is 41.7. The summed E-state index contributed by atoms with van der Waals surface area (Å²) in [5.74, 6) is -80.5. The standard InChI is InChI=1S/C13H7F17O2.C10H5F5O2.C9H3F5O2.C5H7FO2/c1-2-5(31)32-4-3-6(14,15)7(16,17)8(18,19)9(20,21)10(22,23)11(24,25)12(26,27)13(28,29)30;1-2-7(16)17-10(14,15)5-3-4-6(11)9(13)8(5)12;1-2-3(15)16-9-7(13)5(11)4(10)6(12)8(9)14;1-2-5(7)8-4-3-6/h2H,1,3-4H2;2-4H,1H2;2H,1H2;2H,1,3-4H2. The van der Waals surface area contributed by atoms with Crippen molar-refractivity contribution >= 4 is 23.9 Å². The molecule has 0 aliphatic heterocycles. The van der Waals surface area contributed by atoms with Gasteiger partial charge in [-0.15, -0.1) is 0 Å². The average Bonchev–Trinajstić information content (AvgIpc) is 3.29. The molecule has 8 nitrogen and oxygen atoms in total. The van der Waals surface area contributed by atoms with Crippen LogP contribution in [0.25, 0.3) is 0 Å². The summed E-state index contributed by atoms with van der Waals surface area (Å²) < 4.78 is 375. The van der Waals surface area contributed by atoms with Crippen LogP contribution in [-0.2, 0) is 39.5 Å². The van der Waals surface area contributed by atoms with E-state index in [1.165, 1.54) is 0 Å². The van der Waals surface area contributed by atoms with Crippen molar-refractivity contribution in [3.63, 3.8) is 0 Å². The van der Waals surface area contributed by atoms with Gasteiger partial charge in [-0.3, -0.25) is 0 Å². The number of carbonyl (C=O) groups is 4. The van der Waals surface area contributed by atoms with Gasteiger partial charge in [0.2, 0.25) is 34.8 Å². The SMILES string of the molecule is C=CC(=O)OC(F)(F)c1ccc(F)c(F)c1F.C=CC(=O)OCCC(F)(F)C(F)(F)C(F)(F)C(F)(F)C(F)(F)C(F)(F)C(F)(F)C(F)(F)F.C=CC(=O)OCCF.C=CC(=O)Oc1c(F)c(F)c(F)c(F)c1F. The lowest BCUT2D eigenvalue weighted by Gasteiger charge is -2.42. The molecule has 0 aromatic heterocycles. The highest BCUT2D eigenvalue weighted by Crippen LogP contribution is 2.64. The van der Waals surface area contributed by atoms with Gasteiger partial charge in [-0.05, 0) is 12.1 Å². The first kappa shape index (κ1) is 68.4. The molecule has 2 aromatic rings. The van der Waals surface area contributed by atoms with E-state index in [0.717, 1.165) is 6.08 Å². The van der Waals surface area contributed by atoms with E-state index in [9.17, 15) is 142 Å². The molecule has 0 spiro atoms. The van der Waals surface area contributed by atoms with Crippen LogP contribution in [0.2, 0.25) is 0 Å². The van der Waals surface area contributed by atoms with Crippen molar-refractivity contribution in [3.05, 3.63) is 115 Å². The van der Waals surface area contributed by atoms with Crippen LogP contribution in [-0.4, -0.2) is 91.4 Å². The Labute approximate surface area is 386 Å². The molecule has 0 radical (unpaired) electrons. The van der Waals surface area contributed by atoms with Gasteiger partial charge in [-0.2, -0.15) is 92.2 Å². The van der Waals surface area contributed by atoms with Crippen LogP contribution < -0.4 is 4.74 Å². The van der Waals surface area contributed by atoms with Gasteiger partial charge < -0.3 is 18.9 Å². The van der Waals surface area contributed by atoms with Gasteiger partial charge >= 0.3 is 77.6 Å². The number of carbonyl (C=O) groups excluding carboxylic acids is 4. The minimum absolute atomic E-state index is 0.176. The fourth-order valence-electron chi connectivity index (χ4n) is 3.68. The van der Waals surface area contributed by atoms with Crippen molar-refractivity contribution in [2.24, 2.45) is 0 Å². The Balaban J connectivity index is 0. The quantitative estimate of drug-likeness (QED) is 0.0276. The Bertz CT molecular complexity index is 2300. The van der Waals surface area contributed by atoms with E-state index in [1.54, 1.807) is 0 Å². The van der Waals surface area contributed by atoms with E-state index in [0.29, 0.717) is 18.2 Å². The lowest BCUT2D eigenvalue weighted by atomic mass is 9.88. The molecular formula is C37H22F28O8. The number of rotatable bonds is 18. The van der Waals surface area contributed by atoms with Crippen LogP contribution in [0.1, 0.15) is 12.0 Å². The molecule has 0 saturated heterocycles. The van der Waals surface area contributed by atoms with Gasteiger partial charge in [-0.1, -0.05) is 26.3 Å². The average molecular weight is 1130 g/mol. The largest absolute Gasteiger partial charge is 0.462 e. The molecule has 414 valence electrons. The van der Waals surface area contributed by atoms with Crippen molar-refractivity contribution in [2.75, 3.05) is 19.9 Å². The van der Waals surface area contributed by atoms with Crippen LogP contribution in [0.5, 0.6) is 5.75 Å². The number of ether oxygens (including phenoxy) is 4. The zero-order chi connectivity index (χ0) is 58.5. The molecule has 0 amide bonds. The van der Waals surface area contributed by atoms with Crippen LogP contribution in [0.15, 0.2) is 62.8 Å². The predicted octanol–water partition coefficient (Wildman–Crippen LogP) is 12.2. The fraction of sp³-hybridized carbons (Fsp3) is 0.351. The summed E-state index contributed by atoms with van der Waals surface area (Å²) in [5.41, 5.74) is -1.58. The molecule has 0 aliphatic rings. The third-order valence-electron chi connectivity index (χ3n) is 7.39. The van der Waals surface area contributed by atoms with Crippen LogP contribution >= 0.6 is 0 Å². The first-order valence-electron chi connectivity index (χ1n) is 17.3. The number of benzene rings is 2. The molecule has 36 heteroatoms. The summed E-state index contributed by atoms with van der Waals surface area (Å²) in [6.45, 7) is 8.72. The summed E-state index contributed by atoms with van der Waals surface area (Å²) >= 11 is 0. The lowest BCUT2D eigenvalue weighted by molar-refractivity contribution is -0.461. The minimum Gasteiger partial charge on any atom is -0.462 e. The van der Waals surface area contributed by atoms with E-state index in [4.69, 9.17) is 0 Å². The molecule has 0 fully saturated rings. The molecule has 2 rings (SSSR count). The molecule has 2 aromatic carbocycles. The Morgan fingerprint density at radius 2 is 0.795 bits per heavy atom. The second-order valence-electron chi connectivity index (χ2n) is 12.2. The first-order chi connectivity index (χ1) is 32.7. The predicted molar refractivity (Wildman–Crippen MR) is 182 cm³/mol. The maximum Gasteiger partial charge on any atom is 0.460 e. The molecule has 0 unspecified atom stereocenters. The van der Waals surface area contributed by atoms with Crippen LogP contribution in [0.4, 0.5) is 123 Å². The Hall–Kier alpha value is -6.68. The maximum absolute atomic E-state index is 13.4. The monoisotopic (exact) mass is 1130 g/mol. The van der Waals surface area contributed by atoms with Gasteiger partial charge in [-0.25, -0.2) is 49.9 Å². The number of hydrogen-bond donors (Lipinski definition) is 0. The van der Waals surface area contributed by atoms with Gasteiger partial charge in [0.15, 0.2) is 17.5 Å².